The highest BCUT2D eigenvalue weighted by atomic mass is 16.5. The number of hydrogen-bond donors (Lipinski definition) is 1. The molecule has 0 bridgehead atoms. The summed E-state index contributed by atoms with van der Waals surface area (Å²) in [5.41, 5.74) is 6.46. The SMILES string of the molecule is Cc1oncc1C(=O)N(C)CCC(N)C(C)C. The first-order chi connectivity index (χ1) is 7.93. The van der Waals surface area contributed by atoms with Crippen molar-refractivity contribution in [3.63, 3.8) is 0 Å². The van der Waals surface area contributed by atoms with Crippen molar-refractivity contribution in [3.05, 3.63) is 17.5 Å². The van der Waals surface area contributed by atoms with Crippen molar-refractivity contribution in [1.82, 2.24) is 10.1 Å². The zero-order chi connectivity index (χ0) is 13.0. The number of nitrogens with zero attached hydrogens (tertiary/aromatic N) is 2. The maximum absolute atomic E-state index is 12.0. The number of carbonyl (C=O) groups is 1. The van der Waals surface area contributed by atoms with Gasteiger partial charge in [0.2, 0.25) is 0 Å². The Labute approximate surface area is 102 Å². The van der Waals surface area contributed by atoms with Crippen LogP contribution in [0.1, 0.15) is 36.4 Å². The third-order valence-corrected chi connectivity index (χ3v) is 2.98. The van der Waals surface area contributed by atoms with Gasteiger partial charge in [0.15, 0.2) is 0 Å². The molecule has 17 heavy (non-hydrogen) atoms. The Bertz CT molecular complexity index is 374. The molecule has 1 aromatic heterocycles. The van der Waals surface area contributed by atoms with E-state index in [0.717, 1.165) is 6.42 Å². The minimum Gasteiger partial charge on any atom is -0.361 e. The van der Waals surface area contributed by atoms with Gasteiger partial charge in [-0.2, -0.15) is 0 Å². The van der Waals surface area contributed by atoms with E-state index in [-0.39, 0.29) is 11.9 Å². The maximum atomic E-state index is 12.0. The van der Waals surface area contributed by atoms with E-state index in [1.165, 1.54) is 6.20 Å². The summed E-state index contributed by atoms with van der Waals surface area (Å²) < 4.78 is 4.88. The molecule has 1 rings (SSSR count). The van der Waals surface area contributed by atoms with Crippen LogP contribution in [0.4, 0.5) is 0 Å². The second-order valence-electron chi connectivity index (χ2n) is 4.72. The lowest BCUT2D eigenvalue weighted by Crippen LogP contribution is -2.34. The van der Waals surface area contributed by atoms with Gasteiger partial charge in [0.05, 0.1) is 6.20 Å². The van der Waals surface area contributed by atoms with Crippen molar-refractivity contribution < 1.29 is 9.32 Å². The van der Waals surface area contributed by atoms with Gasteiger partial charge in [-0.25, -0.2) is 0 Å². The van der Waals surface area contributed by atoms with Gasteiger partial charge in [0.25, 0.3) is 5.91 Å². The van der Waals surface area contributed by atoms with Gasteiger partial charge in [-0.3, -0.25) is 4.79 Å². The number of hydrogen-bond acceptors (Lipinski definition) is 4. The molecule has 0 radical (unpaired) electrons. The van der Waals surface area contributed by atoms with Gasteiger partial charge in [-0.1, -0.05) is 19.0 Å². The standard InChI is InChI=1S/C12H21N3O2/c1-8(2)11(13)5-6-15(4)12(16)10-7-14-17-9(10)3/h7-8,11H,5-6,13H2,1-4H3. The molecule has 0 aliphatic rings. The number of amides is 1. The Morgan fingerprint density at radius 2 is 2.24 bits per heavy atom. The van der Waals surface area contributed by atoms with Crippen molar-refractivity contribution in [2.75, 3.05) is 13.6 Å². The summed E-state index contributed by atoms with van der Waals surface area (Å²) in [4.78, 5) is 13.6. The number of aryl methyl sites for hydroxylation is 1. The van der Waals surface area contributed by atoms with Crippen LogP contribution in [0, 0.1) is 12.8 Å². The number of nitrogens with two attached hydrogens (primary N) is 1. The molecule has 5 nitrogen and oxygen atoms in total. The van der Waals surface area contributed by atoms with E-state index in [9.17, 15) is 4.79 Å². The summed E-state index contributed by atoms with van der Waals surface area (Å²) in [7, 11) is 1.77. The number of aromatic nitrogens is 1. The molecule has 0 aromatic carbocycles. The van der Waals surface area contributed by atoms with Crippen LogP contribution in [0.2, 0.25) is 0 Å². The summed E-state index contributed by atoms with van der Waals surface area (Å²) in [6, 6.07) is 0.119. The molecular weight excluding hydrogens is 218 g/mol. The molecule has 0 fully saturated rings. The van der Waals surface area contributed by atoms with Crippen LogP contribution in [0.25, 0.3) is 0 Å². The monoisotopic (exact) mass is 239 g/mol. The minimum atomic E-state index is -0.0697. The topological polar surface area (TPSA) is 72.4 Å². The van der Waals surface area contributed by atoms with Gasteiger partial charge in [0.1, 0.15) is 11.3 Å². The lowest BCUT2D eigenvalue weighted by atomic mass is 10.0. The Balaban J connectivity index is 2.51. The summed E-state index contributed by atoms with van der Waals surface area (Å²) in [5.74, 6) is 0.908. The Morgan fingerprint density at radius 3 is 2.71 bits per heavy atom. The second-order valence-corrected chi connectivity index (χ2v) is 4.72. The van der Waals surface area contributed by atoms with Crippen molar-refractivity contribution in [1.29, 1.82) is 0 Å². The first-order valence-corrected chi connectivity index (χ1v) is 5.85. The lowest BCUT2D eigenvalue weighted by molar-refractivity contribution is 0.0787. The molecule has 5 heteroatoms. The summed E-state index contributed by atoms with van der Waals surface area (Å²) >= 11 is 0. The highest BCUT2D eigenvalue weighted by Gasteiger charge is 2.18. The first kappa shape index (κ1) is 13.7. The molecule has 0 saturated heterocycles. The van der Waals surface area contributed by atoms with Gasteiger partial charge < -0.3 is 15.2 Å². The predicted molar refractivity (Wildman–Crippen MR) is 65.6 cm³/mol. The molecular formula is C12H21N3O2. The Hall–Kier alpha value is -1.36. The molecule has 0 aliphatic carbocycles. The van der Waals surface area contributed by atoms with Crippen molar-refractivity contribution in [2.24, 2.45) is 11.7 Å². The molecule has 2 N–H and O–H groups in total. The first-order valence-electron chi connectivity index (χ1n) is 5.85. The molecule has 0 aliphatic heterocycles. The second kappa shape index (κ2) is 5.82. The molecule has 1 unspecified atom stereocenters. The quantitative estimate of drug-likeness (QED) is 0.843. The van der Waals surface area contributed by atoms with Crippen molar-refractivity contribution >= 4 is 5.91 Å². The normalized spacial score (nSPS) is 12.8. The number of carbonyl (C=O) groups excluding carboxylic acids is 1. The fraction of sp³-hybridized carbons (Fsp3) is 0.667. The largest absolute Gasteiger partial charge is 0.361 e. The van der Waals surface area contributed by atoms with Crippen LogP contribution < -0.4 is 5.73 Å². The average Bonchev–Trinajstić information content (AvgIpc) is 2.70. The minimum absolute atomic E-state index is 0.0697. The van der Waals surface area contributed by atoms with Crippen LogP contribution >= 0.6 is 0 Å². The van der Waals surface area contributed by atoms with E-state index in [4.69, 9.17) is 10.3 Å². The van der Waals surface area contributed by atoms with Crippen LogP contribution in [-0.4, -0.2) is 35.6 Å². The van der Waals surface area contributed by atoms with Crippen LogP contribution in [0.15, 0.2) is 10.7 Å². The average molecular weight is 239 g/mol. The van der Waals surface area contributed by atoms with Crippen molar-refractivity contribution in [3.8, 4) is 0 Å². The zero-order valence-electron chi connectivity index (χ0n) is 10.9. The fourth-order valence-corrected chi connectivity index (χ4v) is 1.49. The zero-order valence-corrected chi connectivity index (χ0v) is 10.9. The van der Waals surface area contributed by atoms with Gasteiger partial charge in [-0.15, -0.1) is 0 Å². The Morgan fingerprint density at radius 1 is 1.59 bits per heavy atom. The highest BCUT2D eigenvalue weighted by Crippen LogP contribution is 2.10. The summed E-state index contributed by atoms with van der Waals surface area (Å²) in [5, 5.41) is 3.60. The van der Waals surface area contributed by atoms with E-state index < -0.39 is 0 Å². The summed E-state index contributed by atoms with van der Waals surface area (Å²) in [6.07, 6.45) is 2.25. The molecule has 1 amide bonds. The van der Waals surface area contributed by atoms with Gasteiger partial charge in [0, 0.05) is 19.6 Å². The molecule has 1 atom stereocenters. The number of rotatable bonds is 5. The van der Waals surface area contributed by atoms with Crippen LogP contribution in [-0.2, 0) is 0 Å². The molecule has 1 aromatic rings. The van der Waals surface area contributed by atoms with Crippen LogP contribution in [0.3, 0.4) is 0 Å². The maximum Gasteiger partial charge on any atom is 0.258 e. The van der Waals surface area contributed by atoms with E-state index in [0.29, 0.717) is 23.8 Å². The molecule has 0 spiro atoms. The van der Waals surface area contributed by atoms with E-state index in [1.54, 1.807) is 18.9 Å². The van der Waals surface area contributed by atoms with Gasteiger partial charge >= 0.3 is 0 Å². The third kappa shape index (κ3) is 3.56. The van der Waals surface area contributed by atoms with E-state index in [1.807, 2.05) is 0 Å². The highest BCUT2D eigenvalue weighted by molar-refractivity contribution is 5.94. The van der Waals surface area contributed by atoms with Gasteiger partial charge in [-0.05, 0) is 19.3 Å². The van der Waals surface area contributed by atoms with Crippen LogP contribution in [0.5, 0.6) is 0 Å². The molecule has 96 valence electrons. The summed E-state index contributed by atoms with van der Waals surface area (Å²) in [6.45, 7) is 6.53. The van der Waals surface area contributed by atoms with Crippen molar-refractivity contribution in [2.45, 2.75) is 33.2 Å². The third-order valence-electron chi connectivity index (χ3n) is 2.98. The predicted octanol–water partition coefficient (Wildman–Crippen LogP) is 1.43. The fourth-order valence-electron chi connectivity index (χ4n) is 1.49. The molecule has 0 saturated carbocycles. The molecule has 1 heterocycles. The van der Waals surface area contributed by atoms with E-state index in [2.05, 4.69) is 19.0 Å². The lowest BCUT2D eigenvalue weighted by Gasteiger charge is -2.21. The Kier molecular flexibility index (Phi) is 4.69. The van der Waals surface area contributed by atoms with E-state index >= 15 is 0 Å². The smallest absolute Gasteiger partial charge is 0.258 e.